The molecule has 0 aromatic rings. The lowest BCUT2D eigenvalue weighted by Gasteiger charge is -2.30. The van der Waals surface area contributed by atoms with E-state index in [2.05, 4.69) is 15.6 Å². The first-order chi connectivity index (χ1) is 8.55. The van der Waals surface area contributed by atoms with Crippen LogP contribution in [0.2, 0.25) is 0 Å². The molecule has 0 spiro atoms. The number of nitrogens with one attached hydrogen (secondary N) is 2. The van der Waals surface area contributed by atoms with Crippen LogP contribution in [0.4, 0.5) is 13.2 Å². The molecule has 1 heterocycles. The van der Waals surface area contributed by atoms with E-state index in [-0.39, 0.29) is 36.8 Å². The van der Waals surface area contributed by atoms with Crippen molar-refractivity contribution in [1.29, 1.82) is 0 Å². The zero-order valence-electron chi connectivity index (χ0n) is 10.8. The van der Waals surface area contributed by atoms with Crippen molar-refractivity contribution < 1.29 is 13.2 Å². The summed E-state index contributed by atoms with van der Waals surface area (Å²) < 4.78 is 37.5. The first-order valence-electron chi connectivity index (χ1n) is 6.64. The van der Waals surface area contributed by atoms with E-state index in [0.717, 1.165) is 32.0 Å². The number of aliphatic imine (C=N–C) groups is 1. The van der Waals surface area contributed by atoms with Gasteiger partial charge < -0.3 is 10.6 Å². The van der Waals surface area contributed by atoms with Crippen molar-refractivity contribution in [1.82, 2.24) is 10.6 Å². The average Bonchev–Trinajstić information content (AvgIpc) is 2.37. The second-order valence-corrected chi connectivity index (χ2v) is 5.15. The Hall–Kier alpha value is -0.210. The van der Waals surface area contributed by atoms with Gasteiger partial charge in [-0.15, -0.1) is 24.0 Å². The highest BCUT2D eigenvalue weighted by Crippen LogP contribution is 2.39. The van der Waals surface area contributed by atoms with Gasteiger partial charge in [0, 0.05) is 19.6 Å². The van der Waals surface area contributed by atoms with Gasteiger partial charge in [0.15, 0.2) is 5.96 Å². The van der Waals surface area contributed by atoms with Gasteiger partial charge in [-0.1, -0.05) is 0 Å². The highest BCUT2D eigenvalue weighted by atomic mass is 127. The molecule has 0 radical (unpaired) electrons. The molecule has 19 heavy (non-hydrogen) atoms. The number of rotatable bonds is 2. The van der Waals surface area contributed by atoms with Crippen LogP contribution in [0.5, 0.6) is 0 Å². The monoisotopic (exact) mass is 391 g/mol. The molecule has 0 aromatic carbocycles. The molecule has 0 bridgehead atoms. The van der Waals surface area contributed by atoms with Gasteiger partial charge in [0.2, 0.25) is 0 Å². The highest BCUT2D eigenvalue weighted by Gasteiger charge is 2.41. The minimum atomic E-state index is -4.01. The number of hydrogen-bond donors (Lipinski definition) is 2. The fourth-order valence-electron chi connectivity index (χ4n) is 2.59. The summed E-state index contributed by atoms with van der Waals surface area (Å²) in [4.78, 5) is 4.28. The Labute approximate surface area is 128 Å². The van der Waals surface area contributed by atoms with Crippen molar-refractivity contribution in [2.45, 2.75) is 38.3 Å². The van der Waals surface area contributed by atoms with Crippen molar-refractivity contribution in [3.63, 3.8) is 0 Å². The van der Waals surface area contributed by atoms with Gasteiger partial charge in [-0.3, -0.25) is 4.99 Å². The molecule has 0 saturated heterocycles. The van der Waals surface area contributed by atoms with E-state index in [4.69, 9.17) is 0 Å². The summed E-state index contributed by atoms with van der Waals surface area (Å²) in [6, 6.07) is 0. The summed E-state index contributed by atoms with van der Waals surface area (Å²) in [5, 5.41) is 6.35. The van der Waals surface area contributed by atoms with Crippen molar-refractivity contribution in [2.75, 3.05) is 19.6 Å². The molecule has 2 rings (SSSR count). The third kappa shape index (κ3) is 5.35. The molecule has 0 atom stereocenters. The predicted molar refractivity (Wildman–Crippen MR) is 79.8 cm³/mol. The van der Waals surface area contributed by atoms with Crippen LogP contribution in [0.25, 0.3) is 0 Å². The second kappa shape index (κ2) is 7.54. The molecule has 0 unspecified atom stereocenters. The van der Waals surface area contributed by atoms with Crippen molar-refractivity contribution in [3.05, 3.63) is 0 Å². The zero-order chi connectivity index (χ0) is 13.0. The predicted octanol–water partition coefficient (Wildman–Crippen LogP) is 2.91. The highest BCUT2D eigenvalue weighted by molar-refractivity contribution is 14.0. The summed E-state index contributed by atoms with van der Waals surface area (Å²) in [6.45, 7) is 2.49. The van der Waals surface area contributed by atoms with E-state index in [0.29, 0.717) is 18.8 Å². The lowest BCUT2D eigenvalue weighted by atomic mass is 9.81. The molecule has 1 aliphatic carbocycles. The molecular weight excluding hydrogens is 370 g/mol. The maximum atomic E-state index is 12.5. The molecule has 112 valence electrons. The van der Waals surface area contributed by atoms with Gasteiger partial charge in [0.1, 0.15) is 0 Å². The Morgan fingerprint density at radius 3 is 2.42 bits per heavy atom. The summed E-state index contributed by atoms with van der Waals surface area (Å²) >= 11 is 0. The summed E-state index contributed by atoms with van der Waals surface area (Å²) in [5.74, 6) is 0.0631. The zero-order valence-corrected chi connectivity index (χ0v) is 13.1. The third-order valence-electron chi connectivity index (χ3n) is 3.77. The SMILES string of the molecule is FC(F)(F)C1CCC(CNC2=NCCCN2)CC1.I. The van der Waals surface area contributed by atoms with Crippen LogP contribution in [0, 0.1) is 11.8 Å². The van der Waals surface area contributed by atoms with E-state index in [9.17, 15) is 13.2 Å². The van der Waals surface area contributed by atoms with Crippen molar-refractivity contribution >= 4 is 29.9 Å². The van der Waals surface area contributed by atoms with E-state index >= 15 is 0 Å². The molecular formula is C12H21F3IN3. The third-order valence-corrected chi connectivity index (χ3v) is 3.77. The number of alkyl halides is 3. The molecule has 7 heteroatoms. The smallest absolute Gasteiger partial charge is 0.356 e. The Morgan fingerprint density at radius 2 is 1.89 bits per heavy atom. The van der Waals surface area contributed by atoms with Crippen LogP contribution >= 0.6 is 24.0 Å². The van der Waals surface area contributed by atoms with Gasteiger partial charge in [-0.2, -0.15) is 13.2 Å². The fourth-order valence-corrected chi connectivity index (χ4v) is 2.59. The second-order valence-electron chi connectivity index (χ2n) is 5.15. The molecule has 0 amide bonds. The number of halogens is 4. The van der Waals surface area contributed by atoms with Gasteiger partial charge in [0.25, 0.3) is 0 Å². The van der Waals surface area contributed by atoms with Crippen molar-refractivity contribution in [2.24, 2.45) is 16.8 Å². The van der Waals surface area contributed by atoms with Gasteiger partial charge >= 0.3 is 6.18 Å². The summed E-state index contributed by atoms with van der Waals surface area (Å²) in [6.07, 6.45) is -1.10. The van der Waals surface area contributed by atoms with Gasteiger partial charge in [0.05, 0.1) is 5.92 Å². The largest absolute Gasteiger partial charge is 0.391 e. The molecule has 1 saturated carbocycles. The first kappa shape index (κ1) is 16.8. The minimum absolute atomic E-state index is 0. The van der Waals surface area contributed by atoms with Gasteiger partial charge in [-0.05, 0) is 38.0 Å². The fraction of sp³-hybridized carbons (Fsp3) is 0.917. The molecule has 2 N–H and O–H groups in total. The van der Waals surface area contributed by atoms with E-state index in [1.165, 1.54) is 0 Å². The van der Waals surface area contributed by atoms with Crippen molar-refractivity contribution in [3.8, 4) is 0 Å². The maximum Gasteiger partial charge on any atom is 0.391 e. The number of nitrogens with zero attached hydrogens (tertiary/aromatic N) is 1. The maximum absolute atomic E-state index is 12.5. The van der Waals surface area contributed by atoms with Crippen LogP contribution in [-0.4, -0.2) is 31.8 Å². The molecule has 2 aliphatic rings. The first-order valence-corrected chi connectivity index (χ1v) is 6.64. The molecule has 3 nitrogen and oxygen atoms in total. The number of guanidine groups is 1. The lowest BCUT2D eigenvalue weighted by molar-refractivity contribution is -0.183. The molecule has 1 aliphatic heterocycles. The van der Waals surface area contributed by atoms with E-state index < -0.39 is 12.1 Å². The van der Waals surface area contributed by atoms with E-state index in [1.54, 1.807) is 0 Å². The Morgan fingerprint density at radius 1 is 1.21 bits per heavy atom. The minimum Gasteiger partial charge on any atom is -0.356 e. The van der Waals surface area contributed by atoms with Crippen LogP contribution < -0.4 is 10.6 Å². The number of hydrogen-bond acceptors (Lipinski definition) is 3. The average molecular weight is 391 g/mol. The standard InChI is InChI=1S/C12H20F3N3.HI/c13-12(14,15)10-4-2-9(3-5-10)8-18-11-16-6-1-7-17-11;/h9-10H,1-8H2,(H2,16,17,18);1H. The van der Waals surface area contributed by atoms with Gasteiger partial charge in [-0.25, -0.2) is 0 Å². The molecule has 1 fully saturated rings. The Bertz CT molecular complexity index is 299. The van der Waals surface area contributed by atoms with Crippen LogP contribution in [0.15, 0.2) is 4.99 Å². The van der Waals surface area contributed by atoms with Crippen LogP contribution in [0.1, 0.15) is 32.1 Å². The Kier molecular flexibility index (Phi) is 6.68. The Balaban J connectivity index is 0.00000180. The summed E-state index contributed by atoms with van der Waals surface area (Å²) in [7, 11) is 0. The summed E-state index contributed by atoms with van der Waals surface area (Å²) in [5.41, 5.74) is 0. The van der Waals surface area contributed by atoms with Crippen LogP contribution in [-0.2, 0) is 0 Å². The molecule has 0 aromatic heterocycles. The lowest BCUT2D eigenvalue weighted by Crippen LogP contribution is -2.43. The topological polar surface area (TPSA) is 36.4 Å². The quantitative estimate of drug-likeness (QED) is 0.711. The normalized spacial score (nSPS) is 27.8. The van der Waals surface area contributed by atoms with E-state index in [1.807, 2.05) is 0 Å². The van der Waals surface area contributed by atoms with Crippen LogP contribution in [0.3, 0.4) is 0 Å².